The first-order valence-corrected chi connectivity index (χ1v) is 8.91. The van der Waals surface area contributed by atoms with Crippen molar-refractivity contribution in [3.63, 3.8) is 0 Å². The third-order valence-corrected chi connectivity index (χ3v) is 5.35. The summed E-state index contributed by atoms with van der Waals surface area (Å²) in [6.07, 6.45) is 6.40. The molecule has 1 aromatic rings. The Balaban J connectivity index is 1.70. The molecular weight excluding hydrogens is 284 g/mol. The van der Waals surface area contributed by atoms with Crippen molar-refractivity contribution in [1.82, 2.24) is 9.88 Å². The highest BCUT2D eigenvalue weighted by Gasteiger charge is 2.25. The molecule has 3 heterocycles. The van der Waals surface area contributed by atoms with Gasteiger partial charge in [0.15, 0.2) is 0 Å². The Morgan fingerprint density at radius 1 is 1.43 bits per heavy atom. The van der Waals surface area contributed by atoms with E-state index in [-0.39, 0.29) is 12.0 Å². The van der Waals surface area contributed by atoms with E-state index in [1.807, 2.05) is 16.7 Å². The second-order valence-electron chi connectivity index (χ2n) is 5.83. The second kappa shape index (κ2) is 6.69. The molecule has 0 aliphatic carbocycles. The molecule has 1 aromatic heterocycles. The van der Waals surface area contributed by atoms with E-state index in [4.69, 9.17) is 4.74 Å². The summed E-state index contributed by atoms with van der Waals surface area (Å²) in [7, 11) is 0. The highest BCUT2D eigenvalue weighted by Crippen LogP contribution is 2.24. The van der Waals surface area contributed by atoms with Crippen LogP contribution in [0.25, 0.3) is 0 Å². The fraction of sp³-hybridized carbons (Fsp3) is 0.625. The quantitative estimate of drug-likeness (QED) is 0.861. The second-order valence-corrected chi connectivity index (χ2v) is 6.98. The molecule has 0 N–H and O–H groups in total. The number of carbonyl (C=O) groups is 1. The van der Waals surface area contributed by atoms with Crippen LogP contribution in [0.2, 0.25) is 0 Å². The monoisotopic (exact) mass is 306 g/mol. The lowest BCUT2D eigenvalue weighted by molar-refractivity contribution is 0.0634. The maximum Gasteiger partial charge on any atom is 0.254 e. The van der Waals surface area contributed by atoms with E-state index in [1.165, 1.54) is 6.42 Å². The van der Waals surface area contributed by atoms with Gasteiger partial charge in [0.05, 0.1) is 0 Å². The lowest BCUT2D eigenvalue weighted by Gasteiger charge is -2.33. The van der Waals surface area contributed by atoms with E-state index < -0.39 is 0 Å². The number of likely N-dealkylation sites (tertiary alicyclic amines) is 1. The highest BCUT2D eigenvalue weighted by molar-refractivity contribution is 7.99. The van der Waals surface area contributed by atoms with Crippen molar-refractivity contribution >= 4 is 17.7 Å². The average molecular weight is 306 g/mol. The summed E-state index contributed by atoms with van der Waals surface area (Å²) >= 11 is 1.91. The number of hydrogen-bond acceptors (Lipinski definition) is 4. The van der Waals surface area contributed by atoms with E-state index in [0.717, 1.165) is 37.3 Å². The summed E-state index contributed by atoms with van der Waals surface area (Å²) in [6, 6.07) is 3.92. The van der Waals surface area contributed by atoms with Crippen molar-refractivity contribution in [2.24, 2.45) is 0 Å². The summed E-state index contributed by atoms with van der Waals surface area (Å²) in [5.41, 5.74) is 0.694. The highest BCUT2D eigenvalue weighted by atomic mass is 32.2. The molecule has 3 rings (SSSR count). The lowest BCUT2D eigenvalue weighted by atomic mass is 10.0. The first-order valence-electron chi connectivity index (χ1n) is 7.75. The number of aromatic nitrogens is 1. The number of pyridine rings is 1. The van der Waals surface area contributed by atoms with Crippen molar-refractivity contribution < 1.29 is 9.53 Å². The minimum atomic E-state index is 0.107. The number of carbonyl (C=O) groups excluding carboxylic acids is 1. The summed E-state index contributed by atoms with van der Waals surface area (Å²) in [6.45, 7) is 2.99. The van der Waals surface area contributed by atoms with Crippen LogP contribution in [0.4, 0.5) is 0 Å². The Morgan fingerprint density at radius 3 is 3.10 bits per heavy atom. The van der Waals surface area contributed by atoms with Crippen LogP contribution < -0.4 is 4.74 Å². The molecule has 2 atom stereocenters. The van der Waals surface area contributed by atoms with Crippen LogP contribution in [0.1, 0.15) is 43.0 Å². The Labute approximate surface area is 130 Å². The van der Waals surface area contributed by atoms with Gasteiger partial charge in [-0.2, -0.15) is 11.8 Å². The molecular formula is C16H22N2O2S. The SMILES string of the molecule is CC1CCCCN1C(=O)c1ccnc(OC2CCSC2)c1. The van der Waals surface area contributed by atoms with Crippen LogP contribution in [0.15, 0.2) is 18.3 Å². The average Bonchev–Trinajstić information content (AvgIpc) is 3.00. The van der Waals surface area contributed by atoms with Crippen LogP contribution in [0.3, 0.4) is 0 Å². The molecule has 2 unspecified atom stereocenters. The van der Waals surface area contributed by atoms with Gasteiger partial charge in [-0.3, -0.25) is 4.79 Å². The van der Waals surface area contributed by atoms with E-state index in [2.05, 4.69) is 11.9 Å². The van der Waals surface area contributed by atoms with Gasteiger partial charge in [0, 0.05) is 36.2 Å². The summed E-state index contributed by atoms with van der Waals surface area (Å²) in [4.78, 5) is 18.9. The van der Waals surface area contributed by atoms with Crippen molar-refractivity contribution in [3.05, 3.63) is 23.9 Å². The smallest absolute Gasteiger partial charge is 0.254 e. The Hall–Kier alpha value is -1.23. The molecule has 1 amide bonds. The third kappa shape index (κ3) is 3.51. The number of piperidine rings is 1. The van der Waals surface area contributed by atoms with Crippen LogP contribution in [-0.4, -0.2) is 46.0 Å². The number of hydrogen-bond donors (Lipinski definition) is 0. The lowest BCUT2D eigenvalue weighted by Crippen LogP contribution is -2.42. The zero-order valence-electron chi connectivity index (χ0n) is 12.5. The van der Waals surface area contributed by atoms with E-state index in [1.54, 1.807) is 18.3 Å². The Bertz CT molecular complexity index is 503. The van der Waals surface area contributed by atoms with Gasteiger partial charge in [-0.05, 0) is 44.4 Å². The van der Waals surface area contributed by atoms with Crippen molar-refractivity contribution in [2.45, 2.75) is 44.8 Å². The topological polar surface area (TPSA) is 42.4 Å². The van der Waals surface area contributed by atoms with Crippen LogP contribution in [0.5, 0.6) is 5.88 Å². The minimum absolute atomic E-state index is 0.107. The molecule has 2 aliphatic heterocycles. The summed E-state index contributed by atoms with van der Waals surface area (Å²) in [5.74, 6) is 2.85. The van der Waals surface area contributed by atoms with Gasteiger partial charge in [-0.25, -0.2) is 4.98 Å². The normalized spacial score (nSPS) is 25.9. The fourth-order valence-electron chi connectivity index (χ4n) is 2.95. The fourth-order valence-corrected chi connectivity index (χ4v) is 4.04. The number of rotatable bonds is 3. The molecule has 114 valence electrons. The van der Waals surface area contributed by atoms with E-state index >= 15 is 0 Å². The molecule has 0 saturated carbocycles. The van der Waals surface area contributed by atoms with Crippen LogP contribution in [-0.2, 0) is 0 Å². The summed E-state index contributed by atoms with van der Waals surface area (Å²) < 4.78 is 5.88. The number of ether oxygens (including phenoxy) is 1. The minimum Gasteiger partial charge on any atom is -0.473 e. The number of nitrogens with zero attached hydrogens (tertiary/aromatic N) is 2. The molecule has 2 saturated heterocycles. The van der Waals surface area contributed by atoms with E-state index in [9.17, 15) is 4.79 Å². The van der Waals surface area contributed by atoms with Crippen molar-refractivity contribution in [1.29, 1.82) is 0 Å². The van der Waals surface area contributed by atoms with Gasteiger partial charge in [-0.15, -0.1) is 0 Å². The zero-order valence-corrected chi connectivity index (χ0v) is 13.3. The molecule has 0 spiro atoms. The zero-order chi connectivity index (χ0) is 14.7. The van der Waals surface area contributed by atoms with Crippen LogP contribution in [0, 0.1) is 0 Å². The standard InChI is InChI=1S/C16H22N2O2S/c1-12-4-2-3-8-18(12)16(19)13-5-7-17-15(10-13)20-14-6-9-21-11-14/h5,7,10,12,14H,2-4,6,8-9,11H2,1H3. The van der Waals surface area contributed by atoms with Gasteiger partial charge in [-0.1, -0.05) is 0 Å². The van der Waals surface area contributed by atoms with Gasteiger partial charge in [0.1, 0.15) is 6.10 Å². The van der Waals surface area contributed by atoms with E-state index in [0.29, 0.717) is 17.5 Å². The molecule has 4 nitrogen and oxygen atoms in total. The first-order chi connectivity index (χ1) is 10.2. The summed E-state index contributed by atoms with van der Waals surface area (Å²) in [5, 5.41) is 0. The van der Waals surface area contributed by atoms with Crippen molar-refractivity contribution in [3.8, 4) is 5.88 Å². The first kappa shape index (κ1) is 14.7. The number of thioether (sulfide) groups is 1. The molecule has 0 bridgehead atoms. The van der Waals surface area contributed by atoms with Crippen LogP contribution >= 0.6 is 11.8 Å². The maximum absolute atomic E-state index is 12.6. The van der Waals surface area contributed by atoms with Gasteiger partial charge in [0.2, 0.25) is 5.88 Å². The molecule has 2 fully saturated rings. The largest absolute Gasteiger partial charge is 0.473 e. The Kier molecular flexibility index (Phi) is 4.68. The molecule has 5 heteroatoms. The van der Waals surface area contributed by atoms with Gasteiger partial charge in [0.25, 0.3) is 5.91 Å². The van der Waals surface area contributed by atoms with Gasteiger partial charge >= 0.3 is 0 Å². The molecule has 0 aromatic carbocycles. The van der Waals surface area contributed by atoms with Crippen molar-refractivity contribution in [2.75, 3.05) is 18.1 Å². The van der Waals surface area contributed by atoms with Gasteiger partial charge < -0.3 is 9.64 Å². The molecule has 0 radical (unpaired) electrons. The number of amides is 1. The Morgan fingerprint density at radius 2 is 2.33 bits per heavy atom. The predicted molar refractivity (Wildman–Crippen MR) is 84.9 cm³/mol. The predicted octanol–water partition coefficient (Wildman–Crippen LogP) is 2.98. The molecule has 21 heavy (non-hydrogen) atoms. The maximum atomic E-state index is 12.6. The molecule has 2 aliphatic rings. The third-order valence-electron chi connectivity index (χ3n) is 4.22.